The normalized spacial score (nSPS) is 10.6. The summed E-state index contributed by atoms with van der Waals surface area (Å²) in [4.78, 5) is 8.37. The average molecular weight is 232 g/mol. The lowest BCUT2D eigenvalue weighted by Gasteiger charge is -1.87. The van der Waals surface area contributed by atoms with E-state index in [0.29, 0.717) is 10.9 Å². The third kappa shape index (κ3) is 2.24. The van der Waals surface area contributed by atoms with Crippen molar-refractivity contribution in [3.05, 3.63) is 26.4 Å². The second kappa shape index (κ2) is 3.69. The Balaban J connectivity index is 2.14. The van der Waals surface area contributed by atoms with Crippen LogP contribution in [0.1, 0.15) is 16.5 Å². The van der Waals surface area contributed by atoms with Gasteiger partial charge in [0.1, 0.15) is 5.01 Å². The van der Waals surface area contributed by atoms with Crippen LogP contribution < -0.4 is 0 Å². The van der Waals surface area contributed by atoms with Crippen LogP contribution in [0.4, 0.5) is 0 Å². The van der Waals surface area contributed by atoms with Crippen molar-refractivity contribution >= 4 is 34.5 Å². The summed E-state index contributed by atoms with van der Waals surface area (Å²) >= 11 is 8.50. The highest BCUT2D eigenvalue weighted by atomic mass is 35.5. The zero-order valence-corrected chi connectivity index (χ0v) is 9.21. The molecule has 0 aliphatic heterocycles. The summed E-state index contributed by atoms with van der Waals surface area (Å²) in [6, 6.07) is 0. The van der Waals surface area contributed by atoms with Gasteiger partial charge in [0, 0.05) is 11.1 Å². The van der Waals surface area contributed by atoms with E-state index in [4.69, 9.17) is 11.6 Å². The standard InChI is InChI=1S/C7H6ClN3S2/c1-4-3-12-6(9-4)2-5-10-7(8)13-11-5/h3H,2H2,1H3. The van der Waals surface area contributed by atoms with Crippen molar-refractivity contribution in [3.8, 4) is 0 Å². The number of rotatable bonds is 2. The van der Waals surface area contributed by atoms with Gasteiger partial charge in [-0.2, -0.15) is 4.37 Å². The molecule has 0 aliphatic carbocycles. The quantitative estimate of drug-likeness (QED) is 0.798. The zero-order valence-electron chi connectivity index (χ0n) is 6.82. The molecule has 2 heterocycles. The van der Waals surface area contributed by atoms with Crippen LogP contribution in [-0.4, -0.2) is 14.3 Å². The van der Waals surface area contributed by atoms with Gasteiger partial charge in [0.05, 0.1) is 6.42 Å². The van der Waals surface area contributed by atoms with Crippen LogP contribution in [0.5, 0.6) is 0 Å². The molecule has 0 bridgehead atoms. The maximum absolute atomic E-state index is 5.66. The molecule has 2 aromatic heterocycles. The van der Waals surface area contributed by atoms with Gasteiger partial charge in [-0.3, -0.25) is 0 Å². The van der Waals surface area contributed by atoms with Gasteiger partial charge < -0.3 is 0 Å². The smallest absolute Gasteiger partial charge is 0.203 e. The van der Waals surface area contributed by atoms with E-state index in [2.05, 4.69) is 14.3 Å². The Hall–Kier alpha value is -0.520. The summed E-state index contributed by atoms with van der Waals surface area (Å²) < 4.78 is 4.57. The molecule has 0 fully saturated rings. The zero-order chi connectivity index (χ0) is 9.26. The average Bonchev–Trinajstić information content (AvgIpc) is 2.62. The van der Waals surface area contributed by atoms with Crippen LogP contribution in [0, 0.1) is 6.92 Å². The van der Waals surface area contributed by atoms with E-state index in [1.54, 1.807) is 11.3 Å². The molecule has 3 nitrogen and oxygen atoms in total. The van der Waals surface area contributed by atoms with E-state index in [1.165, 1.54) is 11.5 Å². The summed E-state index contributed by atoms with van der Waals surface area (Å²) in [5.74, 6) is 0.754. The van der Waals surface area contributed by atoms with E-state index in [1.807, 2.05) is 12.3 Å². The number of hydrogen-bond donors (Lipinski definition) is 0. The number of thiazole rings is 1. The summed E-state index contributed by atoms with van der Waals surface area (Å²) in [5.41, 5.74) is 1.04. The minimum atomic E-state index is 0.489. The van der Waals surface area contributed by atoms with E-state index < -0.39 is 0 Å². The molecule has 0 atom stereocenters. The van der Waals surface area contributed by atoms with Crippen LogP contribution in [0.3, 0.4) is 0 Å². The first-order chi connectivity index (χ1) is 6.24. The fourth-order valence-electron chi connectivity index (χ4n) is 0.924. The van der Waals surface area contributed by atoms with Crippen LogP contribution in [-0.2, 0) is 6.42 Å². The Labute approximate surface area is 88.6 Å². The topological polar surface area (TPSA) is 38.7 Å². The molecule has 0 aromatic carbocycles. The van der Waals surface area contributed by atoms with Crippen molar-refractivity contribution in [1.82, 2.24) is 14.3 Å². The van der Waals surface area contributed by atoms with E-state index >= 15 is 0 Å². The van der Waals surface area contributed by atoms with Crippen LogP contribution in [0.2, 0.25) is 4.47 Å². The van der Waals surface area contributed by atoms with Gasteiger partial charge in [-0.1, -0.05) is 0 Å². The van der Waals surface area contributed by atoms with Crippen molar-refractivity contribution in [2.75, 3.05) is 0 Å². The molecule has 68 valence electrons. The Bertz CT molecular complexity index is 371. The minimum absolute atomic E-state index is 0.489. The van der Waals surface area contributed by atoms with Gasteiger partial charge in [0.15, 0.2) is 5.82 Å². The van der Waals surface area contributed by atoms with Gasteiger partial charge >= 0.3 is 0 Å². The molecule has 13 heavy (non-hydrogen) atoms. The number of aromatic nitrogens is 3. The predicted molar refractivity (Wildman–Crippen MR) is 54.6 cm³/mol. The van der Waals surface area contributed by atoms with Crippen molar-refractivity contribution in [2.24, 2.45) is 0 Å². The lowest BCUT2D eigenvalue weighted by molar-refractivity contribution is 1.01. The first-order valence-electron chi connectivity index (χ1n) is 3.63. The van der Waals surface area contributed by atoms with Crippen LogP contribution >= 0.6 is 34.5 Å². The molecule has 0 radical (unpaired) electrons. The molecular weight excluding hydrogens is 226 g/mol. The van der Waals surface area contributed by atoms with E-state index in [-0.39, 0.29) is 0 Å². The molecule has 0 N–H and O–H groups in total. The highest BCUT2D eigenvalue weighted by Gasteiger charge is 2.05. The molecule has 0 saturated heterocycles. The van der Waals surface area contributed by atoms with Crippen LogP contribution in [0.25, 0.3) is 0 Å². The molecular formula is C7H6ClN3S2. The summed E-state index contributed by atoms with van der Waals surface area (Å²) in [6.07, 6.45) is 0.682. The molecule has 0 unspecified atom stereocenters. The Kier molecular flexibility index (Phi) is 2.57. The van der Waals surface area contributed by atoms with Crippen LogP contribution in [0.15, 0.2) is 5.38 Å². The van der Waals surface area contributed by atoms with Gasteiger partial charge in [0.25, 0.3) is 0 Å². The number of hydrogen-bond acceptors (Lipinski definition) is 5. The Morgan fingerprint density at radius 3 is 2.85 bits per heavy atom. The molecule has 2 rings (SSSR count). The molecule has 0 amide bonds. The number of nitrogens with zero attached hydrogens (tertiary/aromatic N) is 3. The van der Waals surface area contributed by atoms with Gasteiger partial charge in [-0.25, -0.2) is 9.97 Å². The fourth-order valence-corrected chi connectivity index (χ4v) is 2.33. The Morgan fingerprint density at radius 2 is 2.31 bits per heavy atom. The first kappa shape index (κ1) is 9.05. The van der Waals surface area contributed by atoms with Crippen molar-refractivity contribution in [3.63, 3.8) is 0 Å². The van der Waals surface area contributed by atoms with Crippen molar-refractivity contribution in [1.29, 1.82) is 0 Å². The molecule has 2 aromatic rings. The third-order valence-corrected chi connectivity index (χ3v) is 3.22. The summed E-state index contributed by atoms with van der Waals surface area (Å²) in [6.45, 7) is 1.97. The van der Waals surface area contributed by atoms with Gasteiger partial charge in [0.2, 0.25) is 4.47 Å². The maximum Gasteiger partial charge on any atom is 0.203 e. The second-order valence-electron chi connectivity index (χ2n) is 2.52. The van der Waals surface area contributed by atoms with Gasteiger partial charge in [-0.05, 0) is 30.1 Å². The van der Waals surface area contributed by atoms with Crippen molar-refractivity contribution < 1.29 is 0 Å². The highest BCUT2D eigenvalue weighted by Crippen LogP contribution is 2.16. The van der Waals surface area contributed by atoms with E-state index in [0.717, 1.165) is 16.5 Å². The second-order valence-corrected chi connectivity index (χ2v) is 4.80. The molecule has 0 spiro atoms. The monoisotopic (exact) mass is 231 g/mol. The lowest BCUT2D eigenvalue weighted by atomic mass is 10.4. The molecule has 6 heteroatoms. The maximum atomic E-state index is 5.66. The number of halogens is 1. The predicted octanol–water partition coefficient (Wildman–Crippen LogP) is 2.55. The largest absolute Gasteiger partial charge is 0.246 e. The van der Waals surface area contributed by atoms with Gasteiger partial charge in [-0.15, -0.1) is 11.3 Å². The first-order valence-corrected chi connectivity index (χ1v) is 5.66. The van der Waals surface area contributed by atoms with Crippen molar-refractivity contribution in [2.45, 2.75) is 13.3 Å². The lowest BCUT2D eigenvalue weighted by Crippen LogP contribution is -1.89. The summed E-state index contributed by atoms with van der Waals surface area (Å²) in [7, 11) is 0. The summed E-state index contributed by atoms with van der Waals surface area (Å²) in [5, 5.41) is 3.05. The fraction of sp³-hybridized carbons (Fsp3) is 0.286. The van der Waals surface area contributed by atoms with E-state index in [9.17, 15) is 0 Å². The minimum Gasteiger partial charge on any atom is -0.246 e. The molecule has 0 saturated carbocycles. The Morgan fingerprint density at radius 1 is 1.46 bits per heavy atom. The number of aryl methyl sites for hydroxylation is 1. The third-order valence-electron chi connectivity index (χ3n) is 1.42. The highest BCUT2D eigenvalue weighted by molar-refractivity contribution is 7.10. The SMILES string of the molecule is Cc1csc(Cc2nsc(Cl)n2)n1. The molecule has 0 aliphatic rings.